The minimum Gasteiger partial charge on any atom is -0.507 e. The molecule has 26 heavy (non-hydrogen) atoms. The van der Waals surface area contributed by atoms with Gasteiger partial charge in [-0.1, -0.05) is 31.4 Å². The van der Waals surface area contributed by atoms with Gasteiger partial charge in [-0.05, 0) is 46.0 Å². The molecule has 0 fully saturated rings. The molecule has 0 saturated carbocycles. The first-order chi connectivity index (χ1) is 12.3. The molecule has 1 heterocycles. The van der Waals surface area contributed by atoms with E-state index in [-0.39, 0.29) is 5.75 Å². The number of carbonyl (C=O) groups excluding carboxylic acids is 1. The van der Waals surface area contributed by atoms with E-state index in [2.05, 4.69) is 16.9 Å². The molecule has 0 atom stereocenters. The van der Waals surface area contributed by atoms with Crippen LogP contribution in [0.15, 0.2) is 18.2 Å². The van der Waals surface area contributed by atoms with Crippen LogP contribution in [0.4, 0.5) is 4.79 Å². The van der Waals surface area contributed by atoms with Gasteiger partial charge in [-0.15, -0.1) is 0 Å². The molecule has 1 aromatic heterocycles. The molecule has 0 unspecified atom stereocenters. The fourth-order valence-corrected chi connectivity index (χ4v) is 3.12. The Labute approximate surface area is 155 Å². The van der Waals surface area contributed by atoms with Crippen molar-refractivity contribution in [2.75, 3.05) is 20.6 Å². The van der Waals surface area contributed by atoms with Crippen molar-refractivity contribution < 1.29 is 9.90 Å². The standard InChI is InChI=1S/C20H30N4O2/c1-5-6-7-8-15-17(11-12-23(3)4)24(20(21)26)22-19(15)16-13-14(2)9-10-18(16)25/h9-10,13,25H,5-8,11-12H2,1-4H3,(H2,21,26). The van der Waals surface area contributed by atoms with Crippen molar-refractivity contribution in [3.8, 4) is 17.0 Å². The molecule has 0 saturated heterocycles. The number of amides is 1. The highest BCUT2D eigenvalue weighted by molar-refractivity contribution is 5.79. The number of aryl methyl sites for hydroxylation is 1. The molecule has 0 bridgehead atoms. The number of aromatic hydroxyl groups is 1. The molecule has 1 aromatic carbocycles. The third-order valence-corrected chi connectivity index (χ3v) is 4.53. The summed E-state index contributed by atoms with van der Waals surface area (Å²) in [6.07, 6.45) is 4.72. The van der Waals surface area contributed by atoms with Crippen LogP contribution >= 0.6 is 0 Å². The quantitative estimate of drug-likeness (QED) is 0.709. The molecule has 0 aliphatic heterocycles. The first-order valence-electron chi connectivity index (χ1n) is 9.20. The Kier molecular flexibility index (Phi) is 6.80. The Morgan fingerprint density at radius 2 is 2.00 bits per heavy atom. The van der Waals surface area contributed by atoms with Gasteiger partial charge < -0.3 is 15.7 Å². The normalized spacial score (nSPS) is 11.3. The summed E-state index contributed by atoms with van der Waals surface area (Å²) in [4.78, 5) is 14.1. The third-order valence-electron chi connectivity index (χ3n) is 4.53. The average molecular weight is 358 g/mol. The van der Waals surface area contributed by atoms with E-state index in [1.54, 1.807) is 6.07 Å². The highest BCUT2D eigenvalue weighted by atomic mass is 16.3. The zero-order chi connectivity index (χ0) is 19.3. The predicted molar refractivity (Wildman–Crippen MR) is 105 cm³/mol. The summed E-state index contributed by atoms with van der Waals surface area (Å²) in [5, 5.41) is 14.9. The van der Waals surface area contributed by atoms with Gasteiger partial charge in [0, 0.05) is 24.1 Å². The van der Waals surface area contributed by atoms with Crippen molar-refractivity contribution in [2.45, 2.75) is 46.0 Å². The molecule has 6 heteroatoms. The fourth-order valence-electron chi connectivity index (χ4n) is 3.12. The van der Waals surface area contributed by atoms with Gasteiger partial charge >= 0.3 is 6.03 Å². The molecule has 0 aliphatic carbocycles. The minimum atomic E-state index is -0.589. The molecule has 2 rings (SSSR count). The lowest BCUT2D eigenvalue weighted by molar-refractivity contribution is 0.246. The molecule has 0 aliphatic rings. The van der Waals surface area contributed by atoms with Crippen molar-refractivity contribution >= 4 is 6.03 Å². The highest BCUT2D eigenvalue weighted by Gasteiger charge is 2.23. The number of unbranched alkanes of at least 4 members (excludes halogenated alkanes) is 2. The van der Waals surface area contributed by atoms with Crippen molar-refractivity contribution in [1.82, 2.24) is 14.7 Å². The Balaban J connectivity index is 2.59. The number of benzene rings is 1. The molecule has 1 amide bonds. The summed E-state index contributed by atoms with van der Waals surface area (Å²) in [5.41, 5.74) is 9.79. The van der Waals surface area contributed by atoms with Crippen LogP contribution in [0.25, 0.3) is 11.3 Å². The minimum absolute atomic E-state index is 0.167. The summed E-state index contributed by atoms with van der Waals surface area (Å²) in [6.45, 7) is 4.92. The number of rotatable bonds is 8. The second-order valence-corrected chi connectivity index (χ2v) is 7.05. The molecular formula is C20H30N4O2. The van der Waals surface area contributed by atoms with Crippen LogP contribution in [0.2, 0.25) is 0 Å². The zero-order valence-electron chi connectivity index (χ0n) is 16.2. The van der Waals surface area contributed by atoms with E-state index in [1.165, 1.54) is 4.68 Å². The molecular weight excluding hydrogens is 328 g/mol. The van der Waals surface area contributed by atoms with Gasteiger partial charge in [0.15, 0.2) is 0 Å². The van der Waals surface area contributed by atoms with Crippen molar-refractivity contribution in [3.63, 3.8) is 0 Å². The van der Waals surface area contributed by atoms with E-state index >= 15 is 0 Å². The monoisotopic (exact) mass is 358 g/mol. The van der Waals surface area contributed by atoms with Gasteiger partial charge in [0.25, 0.3) is 0 Å². The van der Waals surface area contributed by atoms with Crippen LogP contribution in [0.3, 0.4) is 0 Å². The number of hydrogen-bond acceptors (Lipinski definition) is 4. The second kappa shape index (κ2) is 8.85. The second-order valence-electron chi connectivity index (χ2n) is 7.05. The van der Waals surface area contributed by atoms with Gasteiger partial charge in [-0.25, -0.2) is 4.79 Å². The lowest BCUT2D eigenvalue weighted by atomic mass is 9.97. The summed E-state index contributed by atoms with van der Waals surface area (Å²) in [5.74, 6) is 0.167. The fraction of sp³-hybridized carbons (Fsp3) is 0.500. The van der Waals surface area contributed by atoms with Crippen LogP contribution < -0.4 is 5.73 Å². The molecule has 3 N–H and O–H groups in total. The first kappa shape index (κ1) is 20.0. The maximum absolute atomic E-state index is 12.0. The maximum atomic E-state index is 12.0. The van der Waals surface area contributed by atoms with E-state index < -0.39 is 6.03 Å². The lowest BCUT2D eigenvalue weighted by Crippen LogP contribution is -2.25. The van der Waals surface area contributed by atoms with E-state index in [9.17, 15) is 9.90 Å². The van der Waals surface area contributed by atoms with Crippen LogP contribution in [0.1, 0.15) is 43.0 Å². The first-order valence-corrected chi connectivity index (χ1v) is 9.20. The molecule has 142 valence electrons. The summed E-state index contributed by atoms with van der Waals surface area (Å²) in [7, 11) is 3.99. The van der Waals surface area contributed by atoms with Crippen molar-refractivity contribution in [3.05, 3.63) is 35.0 Å². The van der Waals surface area contributed by atoms with Gasteiger partial charge in [0.1, 0.15) is 11.4 Å². The van der Waals surface area contributed by atoms with Crippen molar-refractivity contribution in [1.29, 1.82) is 0 Å². The van der Waals surface area contributed by atoms with Crippen LogP contribution in [0.5, 0.6) is 5.75 Å². The number of likely N-dealkylation sites (N-methyl/N-ethyl adjacent to an activating group) is 1. The van der Waals surface area contributed by atoms with E-state index in [0.717, 1.165) is 49.0 Å². The van der Waals surface area contributed by atoms with Gasteiger partial charge in [0.05, 0.1) is 5.69 Å². The molecule has 0 spiro atoms. The maximum Gasteiger partial charge on any atom is 0.339 e. The van der Waals surface area contributed by atoms with Gasteiger partial charge in [0.2, 0.25) is 0 Å². The third kappa shape index (κ3) is 4.64. The Morgan fingerprint density at radius 1 is 1.27 bits per heavy atom. The Morgan fingerprint density at radius 3 is 2.62 bits per heavy atom. The highest BCUT2D eigenvalue weighted by Crippen LogP contribution is 2.34. The number of carbonyl (C=O) groups is 1. The number of nitrogens with zero attached hydrogens (tertiary/aromatic N) is 3. The lowest BCUT2D eigenvalue weighted by Gasteiger charge is -2.12. The number of nitrogens with two attached hydrogens (primary N) is 1. The number of phenolic OH excluding ortho intramolecular Hbond substituents is 1. The summed E-state index contributed by atoms with van der Waals surface area (Å²) >= 11 is 0. The van der Waals surface area contributed by atoms with E-state index in [0.29, 0.717) is 17.7 Å². The summed E-state index contributed by atoms with van der Waals surface area (Å²) in [6, 6.07) is 4.84. The number of primary amides is 1. The van der Waals surface area contributed by atoms with Crippen LogP contribution in [-0.4, -0.2) is 46.5 Å². The van der Waals surface area contributed by atoms with Crippen LogP contribution in [0, 0.1) is 6.92 Å². The Bertz CT molecular complexity index is 765. The molecule has 2 aromatic rings. The molecule has 6 nitrogen and oxygen atoms in total. The number of hydrogen-bond donors (Lipinski definition) is 2. The Hall–Kier alpha value is -2.34. The van der Waals surface area contributed by atoms with Gasteiger partial charge in [-0.3, -0.25) is 0 Å². The molecule has 0 radical (unpaired) electrons. The number of aromatic nitrogens is 2. The zero-order valence-corrected chi connectivity index (χ0v) is 16.2. The number of phenols is 1. The van der Waals surface area contributed by atoms with E-state index in [4.69, 9.17) is 5.73 Å². The topological polar surface area (TPSA) is 84.4 Å². The average Bonchev–Trinajstić information content (AvgIpc) is 2.94. The van der Waals surface area contributed by atoms with E-state index in [1.807, 2.05) is 33.2 Å². The largest absolute Gasteiger partial charge is 0.507 e. The van der Waals surface area contributed by atoms with Crippen LogP contribution in [-0.2, 0) is 12.8 Å². The SMILES string of the molecule is CCCCCc1c(-c2cc(C)ccc2O)nn(C(N)=O)c1CCN(C)C. The predicted octanol–water partition coefficient (Wildman–Crippen LogP) is 3.33. The summed E-state index contributed by atoms with van der Waals surface area (Å²) < 4.78 is 1.31. The smallest absolute Gasteiger partial charge is 0.339 e. The van der Waals surface area contributed by atoms with Crippen molar-refractivity contribution in [2.24, 2.45) is 5.73 Å². The van der Waals surface area contributed by atoms with Gasteiger partial charge in [-0.2, -0.15) is 9.78 Å².